The molecule has 0 fully saturated rings. The fourth-order valence-corrected chi connectivity index (χ4v) is 1.72. The van der Waals surface area contributed by atoms with Gasteiger partial charge in [-0.15, -0.1) is 0 Å². The normalized spacial score (nSPS) is 12.1. The molecule has 2 heteroatoms. The lowest BCUT2D eigenvalue weighted by atomic mass is 9.97. The highest BCUT2D eigenvalue weighted by molar-refractivity contribution is 5.69. The zero-order valence-electron chi connectivity index (χ0n) is 10.1. The topological polar surface area (TPSA) is 26.3 Å². The minimum atomic E-state index is -0.0811. The first-order valence-electron chi connectivity index (χ1n) is 5.92. The lowest BCUT2D eigenvalue weighted by Gasteiger charge is -2.10. The first kappa shape index (κ1) is 12.8. The molecule has 0 bridgehead atoms. The van der Waals surface area contributed by atoms with E-state index in [0.717, 1.165) is 12.8 Å². The fourth-order valence-electron chi connectivity index (χ4n) is 1.72. The number of rotatable bonds is 6. The Morgan fingerprint density at radius 2 is 2.00 bits per heavy atom. The minimum Gasteiger partial charge on any atom is -0.466 e. The van der Waals surface area contributed by atoms with Crippen LogP contribution in [0.25, 0.3) is 0 Å². The monoisotopic (exact) mass is 220 g/mol. The molecule has 88 valence electrons. The maximum Gasteiger partial charge on any atom is 0.305 e. The molecule has 0 heterocycles. The van der Waals surface area contributed by atoms with Crippen LogP contribution in [-0.2, 0) is 16.0 Å². The third-order valence-electron chi connectivity index (χ3n) is 2.57. The van der Waals surface area contributed by atoms with Crippen molar-refractivity contribution in [1.29, 1.82) is 0 Å². The number of esters is 1. The summed E-state index contributed by atoms with van der Waals surface area (Å²) in [4.78, 5) is 11.2. The predicted octanol–water partition coefficient (Wildman–Crippen LogP) is 3.21. The van der Waals surface area contributed by atoms with Crippen molar-refractivity contribution in [3.05, 3.63) is 35.9 Å². The van der Waals surface area contributed by atoms with Crippen LogP contribution in [0.1, 0.15) is 32.3 Å². The van der Waals surface area contributed by atoms with Crippen molar-refractivity contribution in [2.75, 3.05) is 6.61 Å². The standard InChI is InChI=1S/C14H20O2/c1-3-16-14(15)10-9-12(2)11-13-7-5-4-6-8-13/h4-8,12H,3,9-11H2,1-2H3/t12-/m0/s1. The van der Waals surface area contributed by atoms with E-state index < -0.39 is 0 Å². The molecule has 1 atom stereocenters. The Labute approximate surface area is 97.6 Å². The van der Waals surface area contributed by atoms with E-state index in [0.29, 0.717) is 18.9 Å². The Bertz CT molecular complexity index is 306. The average molecular weight is 220 g/mol. The van der Waals surface area contributed by atoms with E-state index in [-0.39, 0.29) is 5.97 Å². The fraction of sp³-hybridized carbons (Fsp3) is 0.500. The Hall–Kier alpha value is -1.31. The van der Waals surface area contributed by atoms with Crippen LogP contribution >= 0.6 is 0 Å². The van der Waals surface area contributed by atoms with Crippen LogP contribution in [0.15, 0.2) is 30.3 Å². The van der Waals surface area contributed by atoms with Gasteiger partial charge in [0, 0.05) is 6.42 Å². The van der Waals surface area contributed by atoms with E-state index in [4.69, 9.17) is 4.74 Å². The molecule has 2 nitrogen and oxygen atoms in total. The molecule has 0 aliphatic carbocycles. The molecule has 1 aromatic carbocycles. The van der Waals surface area contributed by atoms with Crippen molar-refractivity contribution in [3.8, 4) is 0 Å². The van der Waals surface area contributed by atoms with E-state index in [2.05, 4.69) is 19.1 Å². The molecule has 1 rings (SSSR count). The number of hydrogen-bond acceptors (Lipinski definition) is 2. The Morgan fingerprint density at radius 3 is 2.62 bits per heavy atom. The molecule has 0 aromatic heterocycles. The summed E-state index contributed by atoms with van der Waals surface area (Å²) in [5.74, 6) is 0.439. The molecule has 0 aliphatic rings. The van der Waals surface area contributed by atoms with E-state index >= 15 is 0 Å². The average Bonchev–Trinajstić information content (AvgIpc) is 2.28. The summed E-state index contributed by atoms with van der Waals surface area (Å²) in [6.07, 6.45) is 2.45. The summed E-state index contributed by atoms with van der Waals surface area (Å²) >= 11 is 0. The first-order valence-corrected chi connectivity index (χ1v) is 5.92. The highest BCUT2D eigenvalue weighted by Crippen LogP contribution is 2.13. The van der Waals surface area contributed by atoms with Crippen molar-refractivity contribution in [1.82, 2.24) is 0 Å². The first-order chi connectivity index (χ1) is 7.72. The molecule has 0 aliphatic heterocycles. The number of carbonyl (C=O) groups is 1. The second-order valence-electron chi connectivity index (χ2n) is 4.14. The smallest absolute Gasteiger partial charge is 0.305 e. The summed E-state index contributed by atoms with van der Waals surface area (Å²) < 4.78 is 4.90. The molecule has 0 N–H and O–H groups in total. The second-order valence-corrected chi connectivity index (χ2v) is 4.14. The van der Waals surface area contributed by atoms with Gasteiger partial charge in [-0.3, -0.25) is 4.79 Å². The molecule has 0 unspecified atom stereocenters. The largest absolute Gasteiger partial charge is 0.466 e. The van der Waals surface area contributed by atoms with Gasteiger partial charge in [-0.25, -0.2) is 0 Å². The Morgan fingerprint density at radius 1 is 1.31 bits per heavy atom. The Balaban J connectivity index is 2.26. The van der Waals surface area contributed by atoms with Crippen molar-refractivity contribution in [3.63, 3.8) is 0 Å². The zero-order chi connectivity index (χ0) is 11.8. The predicted molar refractivity (Wildman–Crippen MR) is 65.2 cm³/mol. The molecule has 0 spiro atoms. The van der Waals surface area contributed by atoms with E-state index in [1.54, 1.807) is 0 Å². The highest BCUT2D eigenvalue weighted by Gasteiger charge is 2.07. The molecular formula is C14H20O2. The summed E-state index contributed by atoms with van der Waals surface area (Å²) in [5.41, 5.74) is 1.33. The van der Waals surface area contributed by atoms with Gasteiger partial charge in [-0.2, -0.15) is 0 Å². The third-order valence-corrected chi connectivity index (χ3v) is 2.57. The van der Waals surface area contributed by atoms with Gasteiger partial charge in [-0.1, -0.05) is 37.3 Å². The summed E-state index contributed by atoms with van der Waals surface area (Å²) in [7, 11) is 0. The van der Waals surface area contributed by atoms with Crippen LogP contribution in [0.5, 0.6) is 0 Å². The quantitative estimate of drug-likeness (QED) is 0.688. The van der Waals surface area contributed by atoms with Gasteiger partial charge in [0.05, 0.1) is 6.61 Å². The molecule has 0 saturated heterocycles. The molecular weight excluding hydrogens is 200 g/mol. The number of hydrogen-bond donors (Lipinski definition) is 0. The Kier molecular flexibility index (Phi) is 5.62. The van der Waals surface area contributed by atoms with Gasteiger partial charge in [0.15, 0.2) is 0 Å². The molecule has 1 aromatic rings. The van der Waals surface area contributed by atoms with Gasteiger partial charge < -0.3 is 4.74 Å². The van der Waals surface area contributed by atoms with Crippen LogP contribution in [-0.4, -0.2) is 12.6 Å². The van der Waals surface area contributed by atoms with Crippen LogP contribution in [0.3, 0.4) is 0 Å². The van der Waals surface area contributed by atoms with Gasteiger partial charge >= 0.3 is 5.97 Å². The summed E-state index contributed by atoms with van der Waals surface area (Å²) in [5, 5.41) is 0. The van der Waals surface area contributed by atoms with Crippen LogP contribution in [0, 0.1) is 5.92 Å². The van der Waals surface area contributed by atoms with Crippen LogP contribution < -0.4 is 0 Å². The lowest BCUT2D eigenvalue weighted by molar-refractivity contribution is -0.143. The maximum atomic E-state index is 11.2. The van der Waals surface area contributed by atoms with Crippen molar-refractivity contribution in [2.45, 2.75) is 33.1 Å². The van der Waals surface area contributed by atoms with Crippen LogP contribution in [0.4, 0.5) is 0 Å². The number of carbonyl (C=O) groups excluding carboxylic acids is 1. The lowest BCUT2D eigenvalue weighted by Crippen LogP contribution is -2.07. The summed E-state index contributed by atoms with van der Waals surface area (Å²) in [6.45, 7) is 4.49. The molecule has 0 saturated carbocycles. The van der Waals surface area contributed by atoms with Crippen molar-refractivity contribution >= 4 is 5.97 Å². The summed E-state index contributed by atoms with van der Waals surface area (Å²) in [6, 6.07) is 10.4. The molecule has 0 amide bonds. The SMILES string of the molecule is CCOC(=O)CC[C@H](C)Cc1ccccc1. The van der Waals surface area contributed by atoms with Gasteiger partial charge in [0.25, 0.3) is 0 Å². The van der Waals surface area contributed by atoms with Crippen molar-refractivity contribution < 1.29 is 9.53 Å². The third kappa shape index (κ3) is 4.96. The zero-order valence-corrected chi connectivity index (χ0v) is 10.1. The highest BCUT2D eigenvalue weighted by atomic mass is 16.5. The van der Waals surface area contributed by atoms with Gasteiger partial charge in [0.1, 0.15) is 0 Å². The second kappa shape index (κ2) is 7.04. The molecule has 16 heavy (non-hydrogen) atoms. The number of ether oxygens (including phenoxy) is 1. The van der Waals surface area contributed by atoms with E-state index in [1.807, 2.05) is 25.1 Å². The molecule has 0 radical (unpaired) electrons. The van der Waals surface area contributed by atoms with Gasteiger partial charge in [0.2, 0.25) is 0 Å². The van der Waals surface area contributed by atoms with Gasteiger partial charge in [-0.05, 0) is 31.2 Å². The van der Waals surface area contributed by atoms with Crippen molar-refractivity contribution in [2.24, 2.45) is 5.92 Å². The van der Waals surface area contributed by atoms with E-state index in [9.17, 15) is 4.79 Å². The van der Waals surface area contributed by atoms with E-state index in [1.165, 1.54) is 5.56 Å². The maximum absolute atomic E-state index is 11.2. The number of benzene rings is 1. The van der Waals surface area contributed by atoms with Crippen LogP contribution in [0.2, 0.25) is 0 Å². The minimum absolute atomic E-state index is 0.0811.